The largest absolute Gasteiger partial charge is 0.486 e. The molecule has 1 heteroatoms. The Hall–Kier alpha value is -0.980. The molecule has 1 aliphatic heterocycles. The van der Waals surface area contributed by atoms with E-state index in [2.05, 4.69) is 32.9 Å². The van der Waals surface area contributed by atoms with Crippen LogP contribution in [-0.4, -0.2) is 5.60 Å². The number of hydrogen-bond donors (Lipinski definition) is 0. The van der Waals surface area contributed by atoms with Gasteiger partial charge in [0.2, 0.25) is 0 Å². The number of fused-ring (bicyclic) bond motifs is 1. The van der Waals surface area contributed by atoms with Crippen LogP contribution in [0.4, 0.5) is 0 Å². The van der Waals surface area contributed by atoms with Crippen LogP contribution in [0.15, 0.2) is 18.2 Å². The van der Waals surface area contributed by atoms with Gasteiger partial charge in [0, 0.05) is 17.5 Å². The topological polar surface area (TPSA) is 9.23 Å². The van der Waals surface area contributed by atoms with Gasteiger partial charge in [0.25, 0.3) is 0 Å². The van der Waals surface area contributed by atoms with Crippen LogP contribution in [0, 0.1) is 6.07 Å². The SMILES string of the molecule is CC1c2ccc[c]c2OC1(C)C. The molecule has 2 rings (SSSR count). The van der Waals surface area contributed by atoms with Gasteiger partial charge >= 0.3 is 0 Å². The molecular formula is C11H13O. The van der Waals surface area contributed by atoms with E-state index in [4.69, 9.17) is 4.74 Å². The molecule has 0 fully saturated rings. The number of para-hydroxylation sites is 1. The van der Waals surface area contributed by atoms with E-state index < -0.39 is 0 Å². The van der Waals surface area contributed by atoms with Crippen molar-refractivity contribution < 1.29 is 4.74 Å². The molecule has 1 nitrogen and oxygen atoms in total. The predicted octanol–water partition coefficient (Wildman–Crippen LogP) is 2.76. The number of rotatable bonds is 0. The van der Waals surface area contributed by atoms with E-state index in [9.17, 15) is 0 Å². The zero-order valence-electron chi connectivity index (χ0n) is 7.72. The van der Waals surface area contributed by atoms with E-state index in [1.165, 1.54) is 5.56 Å². The van der Waals surface area contributed by atoms with Crippen molar-refractivity contribution in [3.05, 3.63) is 29.8 Å². The highest BCUT2D eigenvalue weighted by Gasteiger charge is 2.37. The van der Waals surface area contributed by atoms with Gasteiger partial charge in [-0.1, -0.05) is 25.1 Å². The van der Waals surface area contributed by atoms with Crippen LogP contribution in [0.25, 0.3) is 0 Å². The maximum absolute atomic E-state index is 5.75. The fourth-order valence-corrected chi connectivity index (χ4v) is 1.59. The molecule has 1 atom stereocenters. The first-order valence-corrected chi connectivity index (χ1v) is 4.31. The molecule has 0 spiro atoms. The minimum Gasteiger partial charge on any atom is -0.486 e. The summed E-state index contributed by atoms with van der Waals surface area (Å²) in [5.41, 5.74) is 1.21. The highest BCUT2D eigenvalue weighted by Crippen LogP contribution is 2.43. The van der Waals surface area contributed by atoms with Gasteiger partial charge in [-0.3, -0.25) is 0 Å². The highest BCUT2D eigenvalue weighted by molar-refractivity contribution is 5.41. The first-order chi connectivity index (χ1) is 5.61. The average Bonchev–Trinajstić information content (AvgIpc) is 2.24. The van der Waals surface area contributed by atoms with E-state index >= 15 is 0 Å². The maximum atomic E-state index is 5.75. The Balaban J connectivity index is 2.49. The first kappa shape index (κ1) is 7.66. The third-order valence-electron chi connectivity index (χ3n) is 2.72. The smallest absolute Gasteiger partial charge is 0.131 e. The van der Waals surface area contributed by atoms with E-state index in [-0.39, 0.29) is 5.60 Å². The van der Waals surface area contributed by atoms with Crippen LogP contribution < -0.4 is 4.74 Å². The molecule has 12 heavy (non-hydrogen) atoms. The monoisotopic (exact) mass is 161 g/mol. The molecule has 0 saturated heterocycles. The van der Waals surface area contributed by atoms with Crippen molar-refractivity contribution in [1.82, 2.24) is 0 Å². The van der Waals surface area contributed by atoms with Crippen LogP contribution in [-0.2, 0) is 0 Å². The second-order valence-corrected chi connectivity index (χ2v) is 3.88. The molecule has 1 heterocycles. The van der Waals surface area contributed by atoms with Crippen LogP contribution in [0.5, 0.6) is 5.75 Å². The lowest BCUT2D eigenvalue weighted by Gasteiger charge is -2.22. The van der Waals surface area contributed by atoms with Crippen LogP contribution in [0.1, 0.15) is 32.3 Å². The fourth-order valence-electron chi connectivity index (χ4n) is 1.59. The van der Waals surface area contributed by atoms with Crippen molar-refractivity contribution in [2.75, 3.05) is 0 Å². The minimum absolute atomic E-state index is 0.0693. The molecule has 1 aliphatic rings. The molecule has 1 aromatic carbocycles. The quantitative estimate of drug-likeness (QED) is 0.568. The van der Waals surface area contributed by atoms with Crippen molar-refractivity contribution >= 4 is 0 Å². The number of ether oxygens (including phenoxy) is 1. The van der Waals surface area contributed by atoms with E-state index in [1.54, 1.807) is 0 Å². The summed E-state index contributed by atoms with van der Waals surface area (Å²) in [6.45, 7) is 6.43. The Morgan fingerprint density at radius 1 is 1.50 bits per heavy atom. The van der Waals surface area contributed by atoms with Gasteiger partial charge in [-0.2, -0.15) is 0 Å². The molecule has 1 radical (unpaired) electrons. The number of hydrogen-bond acceptors (Lipinski definition) is 1. The van der Waals surface area contributed by atoms with Crippen molar-refractivity contribution in [2.24, 2.45) is 0 Å². The van der Waals surface area contributed by atoms with Gasteiger partial charge in [0.1, 0.15) is 11.4 Å². The van der Waals surface area contributed by atoms with Crippen molar-refractivity contribution in [3.63, 3.8) is 0 Å². The Bertz CT molecular complexity index is 302. The zero-order valence-corrected chi connectivity index (χ0v) is 7.72. The minimum atomic E-state index is -0.0693. The zero-order chi connectivity index (χ0) is 8.77. The van der Waals surface area contributed by atoms with E-state index in [0.717, 1.165) is 5.75 Å². The van der Waals surface area contributed by atoms with Crippen molar-refractivity contribution in [3.8, 4) is 5.75 Å². The van der Waals surface area contributed by atoms with Crippen LogP contribution in [0.3, 0.4) is 0 Å². The van der Waals surface area contributed by atoms with Gasteiger partial charge in [0.15, 0.2) is 0 Å². The lowest BCUT2D eigenvalue weighted by Crippen LogP contribution is -2.28. The lowest BCUT2D eigenvalue weighted by molar-refractivity contribution is 0.115. The highest BCUT2D eigenvalue weighted by atomic mass is 16.5. The Labute approximate surface area is 73.4 Å². The van der Waals surface area contributed by atoms with Gasteiger partial charge in [-0.05, 0) is 13.8 Å². The van der Waals surface area contributed by atoms with Crippen LogP contribution in [0.2, 0.25) is 0 Å². The van der Waals surface area contributed by atoms with Crippen molar-refractivity contribution in [2.45, 2.75) is 32.3 Å². The average molecular weight is 161 g/mol. The fraction of sp³-hybridized carbons (Fsp3) is 0.455. The summed E-state index contributed by atoms with van der Waals surface area (Å²) >= 11 is 0. The molecule has 0 N–H and O–H groups in total. The predicted molar refractivity (Wildman–Crippen MR) is 48.4 cm³/mol. The Kier molecular flexibility index (Phi) is 1.44. The molecule has 0 aliphatic carbocycles. The number of benzene rings is 1. The van der Waals surface area contributed by atoms with E-state index in [0.29, 0.717) is 5.92 Å². The second kappa shape index (κ2) is 2.25. The second-order valence-electron chi connectivity index (χ2n) is 3.88. The maximum Gasteiger partial charge on any atom is 0.131 e. The molecule has 0 bridgehead atoms. The molecule has 0 aromatic heterocycles. The first-order valence-electron chi connectivity index (χ1n) is 4.31. The summed E-state index contributed by atoms with van der Waals surface area (Å²) in [6, 6.07) is 9.14. The van der Waals surface area contributed by atoms with E-state index in [1.807, 2.05) is 12.1 Å². The lowest BCUT2D eigenvalue weighted by atomic mass is 9.89. The molecule has 63 valence electrons. The third kappa shape index (κ3) is 0.927. The Morgan fingerprint density at radius 2 is 2.25 bits per heavy atom. The van der Waals surface area contributed by atoms with Gasteiger partial charge < -0.3 is 4.74 Å². The molecule has 0 amide bonds. The molecule has 1 aromatic rings. The summed E-state index contributed by atoms with van der Waals surface area (Å²) in [6.07, 6.45) is 0. The van der Waals surface area contributed by atoms with Gasteiger partial charge in [-0.15, -0.1) is 0 Å². The summed E-state index contributed by atoms with van der Waals surface area (Å²) in [7, 11) is 0. The molecule has 0 saturated carbocycles. The Morgan fingerprint density at radius 3 is 2.92 bits per heavy atom. The third-order valence-corrected chi connectivity index (χ3v) is 2.72. The summed E-state index contributed by atoms with van der Waals surface area (Å²) < 4.78 is 5.75. The van der Waals surface area contributed by atoms with Crippen LogP contribution >= 0.6 is 0 Å². The van der Waals surface area contributed by atoms with Gasteiger partial charge in [-0.25, -0.2) is 0 Å². The summed E-state index contributed by atoms with van der Waals surface area (Å²) in [5, 5.41) is 0. The molecule has 1 unspecified atom stereocenters. The standard InChI is InChI=1S/C11H13O/c1-8-9-6-4-5-7-10(9)12-11(8,2)3/h4-6,8H,1-3H3. The summed E-state index contributed by atoms with van der Waals surface area (Å²) in [4.78, 5) is 0. The van der Waals surface area contributed by atoms with Crippen molar-refractivity contribution in [1.29, 1.82) is 0 Å². The van der Waals surface area contributed by atoms with Gasteiger partial charge in [0.05, 0.1) is 0 Å². The molecular weight excluding hydrogens is 148 g/mol. The summed E-state index contributed by atoms with van der Waals surface area (Å²) in [5.74, 6) is 1.39. The normalized spacial score (nSPS) is 24.8.